The number of nitrogens with one attached hydrogen (secondary N) is 1. The van der Waals surface area contributed by atoms with Crippen LogP contribution in [0.1, 0.15) is 92.7 Å². The number of likely N-dealkylation sites (tertiary alicyclic amines) is 1. The Morgan fingerprint density at radius 2 is 1.98 bits per heavy atom. The molecule has 0 bridgehead atoms. The maximum atomic E-state index is 10.8. The molecule has 13 nitrogen and oxygen atoms in total. The third-order valence-electron chi connectivity index (χ3n) is 10.8. The van der Waals surface area contributed by atoms with E-state index >= 15 is 0 Å². The summed E-state index contributed by atoms with van der Waals surface area (Å²) < 4.78 is 10.1. The second-order valence-electron chi connectivity index (χ2n) is 14.7. The Hall–Kier alpha value is -4.32. The summed E-state index contributed by atoms with van der Waals surface area (Å²) in [5.74, 6) is 1.80. The normalized spacial score (nSPS) is 21.6. The minimum Gasteiger partial charge on any atom is -0.389 e. The number of hydrogen-bond acceptors (Lipinski definition) is 12. The quantitative estimate of drug-likeness (QED) is 0.206. The number of hydrogen-bond donors (Lipinski definition) is 3. The number of nitriles is 1. The summed E-state index contributed by atoms with van der Waals surface area (Å²) in [6, 6.07) is 4.66. The van der Waals surface area contributed by atoms with Gasteiger partial charge in [-0.15, -0.1) is 11.3 Å². The van der Waals surface area contributed by atoms with Crippen molar-refractivity contribution in [3.63, 3.8) is 0 Å². The van der Waals surface area contributed by atoms with E-state index < -0.39 is 11.0 Å². The van der Waals surface area contributed by atoms with E-state index in [-0.39, 0.29) is 12.6 Å². The number of anilines is 2. The molecule has 5 aromatic rings. The molecule has 3 atom stereocenters. The fourth-order valence-electron chi connectivity index (χ4n) is 8.50. The van der Waals surface area contributed by atoms with Crippen LogP contribution in [0.4, 0.5) is 10.8 Å². The average Bonchev–Trinajstić information content (AvgIpc) is 3.89. The van der Waals surface area contributed by atoms with Gasteiger partial charge in [0.05, 0.1) is 28.0 Å². The first kappa shape index (κ1) is 31.9. The molecule has 256 valence electrons. The molecule has 1 fully saturated rings. The lowest BCUT2D eigenvalue weighted by Crippen LogP contribution is -2.35. The topological polar surface area (TPSA) is 173 Å². The second kappa shape index (κ2) is 11.6. The van der Waals surface area contributed by atoms with Crippen molar-refractivity contribution in [1.29, 1.82) is 5.26 Å². The van der Waals surface area contributed by atoms with Gasteiger partial charge in [0.1, 0.15) is 28.3 Å². The van der Waals surface area contributed by atoms with Gasteiger partial charge in [-0.1, -0.05) is 5.16 Å². The zero-order valence-corrected chi connectivity index (χ0v) is 29.6. The van der Waals surface area contributed by atoms with Crippen molar-refractivity contribution >= 4 is 33.2 Å². The van der Waals surface area contributed by atoms with Gasteiger partial charge in [0.2, 0.25) is 0 Å². The Morgan fingerprint density at radius 1 is 1.18 bits per heavy atom. The van der Waals surface area contributed by atoms with E-state index in [1.807, 2.05) is 24.0 Å². The van der Waals surface area contributed by atoms with Crippen molar-refractivity contribution < 1.29 is 9.63 Å². The zero-order chi connectivity index (χ0) is 34.2. The third kappa shape index (κ3) is 5.13. The fraction of sp³-hybridized carbons (Fsp3) is 0.543. The summed E-state index contributed by atoms with van der Waals surface area (Å²) in [5.41, 5.74) is 10.2. The maximum Gasteiger partial charge on any atom is 0.186 e. The number of rotatable bonds is 7. The molecule has 49 heavy (non-hydrogen) atoms. The van der Waals surface area contributed by atoms with Gasteiger partial charge in [0.25, 0.3) is 0 Å². The number of nitrogens with zero attached hydrogens (tertiary/aromatic N) is 9. The van der Waals surface area contributed by atoms with Crippen molar-refractivity contribution in [3.05, 3.63) is 39.6 Å². The minimum absolute atomic E-state index is 0.0148. The SMILES string of the molecule is C[C@@H]([C@@H]1CCCN1C)n1nc(-c2ccn(C)n2)c2c(NCC(C)(C)O)nc(-c3noc4c3CCC[C@@]43CCCc4sc(N)c(C#N)c43)nc21. The molecule has 5 aromatic heterocycles. The number of thiophene rings is 1. The van der Waals surface area contributed by atoms with E-state index in [9.17, 15) is 10.4 Å². The summed E-state index contributed by atoms with van der Waals surface area (Å²) in [6.07, 6.45) is 9.44. The monoisotopic (exact) mass is 681 g/mol. The Labute approximate surface area is 289 Å². The summed E-state index contributed by atoms with van der Waals surface area (Å²) >= 11 is 1.53. The average molecular weight is 682 g/mol. The lowest BCUT2D eigenvalue weighted by molar-refractivity contribution is 0.0944. The second-order valence-corrected chi connectivity index (χ2v) is 15.9. The van der Waals surface area contributed by atoms with Crippen LogP contribution in [0, 0.1) is 11.3 Å². The van der Waals surface area contributed by atoms with Gasteiger partial charge in [-0.3, -0.25) is 4.68 Å². The van der Waals surface area contributed by atoms with E-state index in [0.29, 0.717) is 45.3 Å². The van der Waals surface area contributed by atoms with Crippen LogP contribution in [0.5, 0.6) is 0 Å². The third-order valence-corrected chi connectivity index (χ3v) is 11.9. The van der Waals surface area contributed by atoms with Crippen LogP contribution in [0.25, 0.3) is 33.9 Å². The lowest BCUT2D eigenvalue weighted by Gasteiger charge is -2.39. The van der Waals surface area contributed by atoms with Crippen molar-refractivity contribution in [2.75, 3.05) is 31.2 Å². The van der Waals surface area contributed by atoms with Crippen LogP contribution < -0.4 is 11.1 Å². The molecule has 6 heterocycles. The smallest absolute Gasteiger partial charge is 0.186 e. The Balaban J connectivity index is 1.34. The van der Waals surface area contributed by atoms with Gasteiger partial charge in [-0.2, -0.15) is 15.5 Å². The number of aryl methyl sites for hydroxylation is 2. The molecule has 0 amide bonds. The predicted molar refractivity (Wildman–Crippen MR) is 188 cm³/mol. The first-order valence-electron chi connectivity index (χ1n) is 17.3. The van der Waals surface area contributed by atoms with Crippen LogP contribution >= 0.6 is 11.3 Å². The lowest BCUT2D eigenvalue weighted by atomic mass is 9.63. The Bertz CT molecular complexity index is 2110. The van der Waals surface area contributed by atoms with Crippen LogP contribution in [0.15, 0.2) is 16.8 Å². The van der Waals surface area contributed by atoms with Crippen LogP contribution in [-0.2, 0) is 25.3 Å². The highest BCUT2D eigenvalue weighted by Crippen LogP contribution is 2.55. The Kier molecular flexibility index (Phi) is 7.58. The molecular formula is C35H43N11O2S. The number of nitrogen functional groups attached to an aromatic ring is 1. The van der Waals surface area contributed by atoms with Crippen molar-refractivity contribution in [3.8, 4) is 29.0 Å². The zero-order valence-electron chi connectivity index (χ0n) is 28.7. The first-order chi connectivity index (χ1) is 23.5. The molecule has 2 aliphatic carbocycles. The summed E-state index contributed by atoms with van der Waals surface area (Å²) in [5, 5.41) is 40.3. The number of nitrogens with two attached hydrogens (primary N) is 1. The molecule has 0 saturated carbocycles. The highest BCUT2D eigenvalue weighted by molar-refractivity contribution is 7.16. The molecule has 0 radical (unpaired) electrons. The number of aromatic nitrogens is 7. The number of fused-ring (bicyclic) bond motifs is 5. The van der Waals surface area contributed by atoms with Gasteiger partial charge < -0.3 is 25.6 Å². The maximum absolute atomic E-state index is 10.8. The molecule has 0 unspecified atom stereocenters. The van der Waals surface area contributed by atoms with Crippen LogP contribution in [0.2, 0.25) is 0 Å². The number of likely N-dealkylation sites (N-methyl/N-ethyl adjacent to an activating group) is 1. The summed E-state index contributed by atoms with van der Waals surface area (Å²) in [4.78, 5) is 14.0. The van der Waals surface area contributed by atoms with Crippen LogP contribution in [-0.4, -0.2) is 76.5 Å². The summed E-state index contributed by atoms with van der Waals surface area (Å²) in [7, 11) is 4.06. The summed E-state index contributed by atoms with van der Waals surface area (Å²) in [6.45, 7) is 7.02. The van der Waals surface area contributed by atoms with Gasteiger partial charge in [0.15, 0.2) is 22.9 Å². The van der Waals surface area contributed by atoms with Gasteiger partial charge in [0, 0.05) is 36.3 Å². The number of aliphatic hydroxyl groups is 1. The van der Waals surface area contributed by atoms with Crippen molar-refractivity contribution in [2.24, 2.45) is 7.05 Å². The minimum atomic E-state index is -1.00. The molecule has 3 aliphatic rings. The molecule has 0 aromatic carbocycles. The van der Waals surface area contributed by atoms with E-state index in [0.717, 1.165) is 85.9 Å². The highest BCUT2D eigenvalue weighted by Gasteiger charge is 2.49. The van der Waals surface area contributed by atoms with Gasteiger partial charge in [-0.05, 0) is 97.4 Å². The molecule has 1 aliphatic heterocycles. The first-order valence-corrected chi connectivity index (χ1v) is 18.1. The van der Waals surface area contributed by atoms with E-state index in [1.165, 1.54) is 16.2 Å². The Morgan fingerprint density at radius 3 is 2.67 bits per heavy atom. The standard InChI is InChI=1S/C35H43N11O2S/c1-19(23-10-8-15-44(23)4)46-33-25(28(42-46)22-12-16-45(5)41-22)31(38-18-34(2,3)47)39-32(40-33)27-20-9-6-13-35(29(20)48-43-27)14-7-11-24-26(35)21(17-36)30(37)49-24/h12,16,19,23,47H,6-11,13-15,18,37H2,1-5H3,(H,38,39,40)/t19-,23-,35-/m0/s1. The van der Waals surface area contributed by atoms with Crippen molar-refractivity contribution in [2.45, 2.75) is 95.2 Å². The molecule has 14 heteroatoms. The van der Waals surface area contributed by atoms with E-state index in [2.05, 4.69) is 30.3 Å². The molecule has 4 N–H and O–H groups in total. The van der Waals surface area contributed by atoms with Crippen LogP contribution in [0.3, 0.4) is 0 Å². The van der Waals surface area contributed by atoms with Gasteiger partial charge in [-0.25, -0.2) is 14.6 Å². The fourth-order valence-corrected chi connectivity index (χ4v) is 9.66. The largest absolute Gasteiger partial charge is 0.389 e. The van der Waals surface area contributed by atoms with E-state index in [1.54, 1.807) is 18.5 Å². The highest BCUT2D eigenvalue weighted by atomic mass is 32.1. The van der Waals surface area contributed by atoms with E-state index in [4.69, 9.17) is 35.6 Å². The molecule has 1 saturated heterocycles. The molecule has 1 spiro atoms. The van der Waals surface area contributed by atoms with Gasteiger partial charge >= 0.3 is 0 Å². The van der Waals surface area contributed by atoms with Crippen molar-refractivity contribution in [1.82, 2.24) is 39.6 Å². The molecule has 8 rings (SSSR count). The predicted octanol–water partition coefficient (Wildman–Crippen LogP) is 5.19. The molecular weight excluding hydrogens is 639 g/mol.